The molecule has 1 N–H and O–H groups in total. The van der Waals surface area contributed by atoms with Gasteiger partial charge in [0.15, 0.2) is 0 Å². The molecule has 1 atom stereocenters. The average Bonchev–Trinajstić information content (AvgIpc) is 3.00. The first-order valence-corrected chi connectivity index (χ1v) is 8.22. The molecule has 120 valence electrons. The third-order valence-electron chi connectivity index (χ3n) is 4.39. The first kappa shape index (κ1) is 15.1. The van der Waals surface area contributed by atoms with Crippen LogP contribution < -0.4 is 10.1 Å². The van der Waals surface area contributed by atoms with Crippen molar-refractivity contribution in [2.45, 2.75) is 57.6 Å². The van der Waals surface area contributed by atoms with Gasteiger partial charge in [-0.3, -0.25) is 0 Å². The molecular formula is C16H24N4O2. The minimum Gasteiger partial charge on any atom is -0.472 e. The molecule has 1 aliphatic carbocycles. The normalized spacial score (nSPS) is 22.6. The predicted molar refractivity (Wildman–Crippen MR) is 82.8 cm³/mol. The maximum absolute atomic E-state index is 12.3. The lowest BCUT2D eigenvalue weighted by molar-refractivity contribution is 0.0965. The molecule has 2 amide bonds. The van der Waals surface area contributed by atoms with E-state index in [1.54, 1.807) is 12.3 Å². The number of ether oxygens (including phenoxy) is 1. The van der Waals surface area contributed by atoms with E-state index >= 15 is 0 Å². The van der Waals surface area contributed by atoms with Crippen LogP contribution in [0, 0.1) is 6.92 Å². The molecule has 1 aromatic rings. The summed E-state index contributed by atoms with van der Waals surface area (Å²) in [7, 11) is 0. The smallest absolute Gasteiger partial charge is 0.317 e. The highest BCUT2D eigenvalue weighted by Gasteiger charge is 2.27. The Bertz CT molecular complexity index is 517. The maximum Gasteiger partial charge on any atom is 0.317 e. The van der Waals surface area contributed by atoms with E-state index in [1.165, 1.54) is 12.8 Å². The zero-order valence-corrected chi connectivity index (χ0v) is 13.1. The van der Waals surface area contributed by atoms with E-state index in [1.807, 2.05) is 11.8 Å². The first-order valence-electron chi connectivity index (χ1n) is 8.22. The van der Waals surface area contributed by atoms with Crippen LogP contribution >= 0.6 is 0 Å². The number of piperidine rings is 1. The molecule has 22 heavy (non-hydrogen) atoms. The van der Waals surface area contributed by atoms with E-state index in [2.05, 4.69) is 15.3 Å². The fourth-order valence-electron chi connectivity index (χ4n) is 3.23. The molecule has 2 aliphatic rings. The molecule has 6 nitrogen and oxygen atoms in total. The Morgan fingerprint density at radius 1 is 1.32 bits per heavy atom. The number of hydrogen-bond donors (Lipinski definition) is 1. The predicted octanol–water partition coefficient (Wildman–Crippen LogP) is 2.28. The van der Waals surface area contributed by atoms with E-state index in [4.69, 9.17) is 4.74 Å². The second-order valence-electron chi connectivity index (χ2n) is 6.20. The van der Waals surface area contributed by atoms with Gasteiger partial charge in [0.1, 0.15) is 11.9 Å². The molecule has 2 heterocycles. The maximum atomic E-state index is 12.3. The molecular weight excluding hydrogens is 280 g/mol. The third kappa shape index (κ3) is 3.87. The number of aryl methyl sites for hydroxylation is 1. The van der Waals surface area contributed by atoms with E-state index in [9.17, 15) is 4.79 Å². The summed E-state index contributed by atoms with van der Waals surface area (Å²) in [6, 6.07) is 2.18. The van der Waals surface area contributed by atoms with Crippen LogP contribution in [0.1, 0.15) is 44.3 Å². The van der Waals surface area contributed by atoms with Gasteiger partial charge in [0.25, 0.3) is 0 Å². The van der Waals surface area contributed by atoms with Crippen molar-refractivity contribution < 1.29 is 9.53 Å². The summed E-state index contributed by atoms with van der Waals surface area (Å²) in [5.74, 6) is 1.29. The molecule has 1 unspecified atom stereocenters. The molecule has 0 radical (unpaired) electrons. The van der Waals surface area contributed by atoms with Gasteiger partial charge in [-0.1, -0.05) is 12.8 Å². The Morgan fingerprint density at radius 2 is 2.14 bits per heavy atom. The lowest BCUT2D eigenvalue weighted by Gasteiger charge is -2.33. The quantitative estimate of drug-likeness (QED) is 0.930. The molecule has 3 rings (SSSR count). The van der Waals surface area contributed by atoms with Gasteiger partial charge in [-0.15, -0.1) is 0 Å². The number of carbonyl (C=O) groups excluding carboxylic acids is 1. The molecule has 6 heteroatoms. The second-order valence-corrected chi connectivity index (χ2v) is 6.20. The van der Waals surface area contributed by atoms with Crippen molar-refractivity contribution in [3.63, 3.8) is 0 Å². The monoisotopic (exact) mass is 304 g/mol. The summed E-state index contributed by atoms with van der Waals surface area (Å²) >= 11 is 0. The Morgan fingerprint density at radius 3 is 2.91 bits per heavy atom. The molecule has 1 aromatic heterocycles. The van der Waals surface area contributed by atoms with E-state index in [-0.39, 0.29) is 12.1 Å². The Hall–Kier alpha value is -1.85. The standard InChI is InChI=1S/C16H24N4O2/c1-12-17-9-8-15(18-12)22-14-7-4-10-20(11-14)16(21)19-13-5-2-3-6-13/h8-9,13-14H,2-7,10-11H2,1H3,(H,19,21). The van der Waals surface area contributed by atoms with Crippen LogP contribution in [0.3, 0.4) is 0 Å². The Labute approximate surface area is 131 Å². The minimum atomic E-state index is 0.0115. The first-order chi connectivity index (χ1) is 10.7. The van der Waals surface area contributed by atoms with Crippen LogP contribution in [-0.2, 0) is 0 Å². The van der Waals surface area contributed by atoms with Gasteiger partial charge in [0, 0.05) is 24.8 Å². The zero-order valence-electron chi connectivity index (χ0n) is 13.1. The number of aromatic nitrogens is 2. The van der Waals surface area contributed by atoms with Crippen molar-refractivity contribution in [2.75, 3.05) is 13.1 Å². The van der Waals surface area contributed by atoms with E-state index < -0.39 is 0 Å². The number of nitrogens with zero attached hydrogens (tertiary/aromatic N) is 3. The van der Waals surface area contributed by atoms with Crippen molar-refractivity contribution in [1.29, 1.82) is 0 Å². The minimum absolute atomic E-state index is 0.0115. The highest BCUT2D eigenvalue weighted by Crippen LogP contribution is 2.20. The van der Waals surface area contributed by atoms with Crippen molar-refractivity contribution in [1.82, 2.24) is 20.2 Å². The molecule has 0 spiro atoms. The number of amides is 2. The van der Waals surface area contributed by atoms with Gasteiger partial charge in [0.05, 0.1) is 6.54 Å². The topological polar surface area (TPSA) is 67.3 Å². The molecule has 1 saturated heterocycles. The summed E-state index contributed by atoms with van der Waals surface area (Å²) in [4.78, 5) is 22.6. The SMILES string of the molecule is Cc1nccc(OC2CCCN(C(=O)NC3CCCC3)C2)n1. The Balaban J connectivity index is 1.53. The van der Waals surface area contributed by atoms with Gasteiger partial charge in [-0.25, -0.2) is 9.78 Å². The summed E-state index contributed by atoms with van der Waals surface area (Å²) in [5.41, 5.74) is 0. The van der Waals surface area contributed by atoms with Gasteiger partial charge in [-0.05, 0) is 32.6 Å². The molecule has 1 saturated carbocycles. The largest absolute Gasteiger partial charge is 0.472 e. The van der Waals surface area contributed by atoms with Crippen molar-refractivity contribution in [2.24, 2.45) is 0 Å². The second kappa shape index (κ2) is 6.94. The van der Waals surface area contributed by atoms with E-state index in [0.717, 1.165) is 32.2 Å². The number of rotatable bonds is 3. The van der Waals surface area contributed by atoms with Gasteiger partial charge < -0.3 is 15.0 Å². The molecule has 1 aliphatic heterocycles. The number of likely N-dealkylation sites (tertiary alicyclic amines) is 1. The molecule has 2 fully saturated rings. The van der Waals surface area contributed by atoms with Crippen LogP contribution in [0.15, 0.2) is 12.3 Å². The fraction of sp³-hybridized carbons (Fsp3) is 0.688. The zero-order chi connectivity index (χ0) is 15.4. The van der Waals surface area contributed by atoms with E-state index in [0.29, 0.717) is 24.3 Å². The third-order valence-corrected chi connectivity index (χ3v) is 4.39. The van der Waals surface area contributed by atoms with Crippen molar-refractivity contribution in [3.05, 3.63) is 18.1 Å². The number of urea groups is 1. The van der Waals surface area contributed by atoms with Crippen molar-refractivity contribution >= 4 is 6.03 Å². The lowest BCUT2D eigenvalue weighted by atomic mass is 10.1. The number of hydrogen-bond acceptors (Lipinski definition) is 4. The summed E-state index contributed by atoms with van der Waals surface area (Å²) in [6.45, 7) is 3.28. The van der Waals surface area contributed by atoms with Gasteiger partial charge in [-0.2, -0.15) is 4.98 Å². The lowest BCUT2D eigenvalue weighted by Crippen LogP contribution is -2.50. The number of nitrogens with one attached hydrogen (secondary N) is 1. The van der Waals surface area contributed by atoms with Gasteiger partial charge in [0.2, 0.25) is 5.88 Å². The highest BCUT2D eigenvalue weighted by atomic mass is 16.5. The van der Waals surface area contributed by atoms with Crippen LogP contribution in [0.25, 0.3) is 0 Å². The van der Waals surface area contributed by atoms with Gasteiger partial charge >= 0.3 is 6.03 Å². The average molecular weight is 304 g/mol. The van der Waals surface area contributed by atoms with Crippen LogP contribution in [-0.4, -0.2) is 46.1 Å². The highest BCUT2D eigenvalue weighted by molar-refractivity contribution is 5.74. The van der Waals surface area contributed by atoms with Crippen molar-refractivity contribution in [3.8, 4) is 5.88 Å². The Kier molecular flexibility index (Phi) is 4.75. The van der Waals surface area contributed by atoms with Crippen LogP contribution in [0.4, 0.5) is 4.79 Å². The summed E-state index contributed by atoms with van der Waals surface area (Å²) < 4.78 is 5.91. The molecule has 0 bridgehead atoms. The van der Waals surface area contributed by atoms with Crippen LogP contribution in [0.2, 0.25) is 0 Å². The summed E-state index contributed by atoms with van der Waals surface area (Å²) in [5, 5.41) is 3.15. The van der Waals surface area contributed by atoms with Crippen LogP contribution in [0.5, 0.6) is 5.88 Å². The fourth-order valence-corrected chi connectivity index (χ4v) is 3.23. The number of carbonyl (C=O) groups is 1. The summed E-state index contributed by atoms with van der Waals surface area (Å²) in [6.07, 6.45) is 8.30. The molecule has 0 aromatic carbocycles.